The van der Waals surface area contributed by atoms with E-state index in [0.29, 0.717) is 23.7 Å². The first-order valence-electron chi connectivity index (χ1n) is 5.89. The fourth-order valence-corrected chi connectivity index (χ4v) is 2.13. The average molecular weight is 256 g/mol. The largest absolute Gasteiger partial charge is 0.463 e. The molecule has 1 rings (SSSR count). The first-order valence-corrected chi connectivity index (χ1v) is 6.87. The summed E-state index contributed by atoms with van der Waals surface area (Å²) in [7, 11) is 0. The molecule has 6 heteroatoms. The van der Waals surface area contributed by atoms with Crippen molar-refractivity contribution in [2.75, 3.05) is 18.1 Å². The second-order valence-corrected chi connectivity index (χ2v) is 5.20. The van der Waals surface area contributed by atoms with E-state index in [9.17, 15) is 0 Å². The molecular weight excluding hydrogens is 236 g/mol. The highest BCUT2D eigenvalue weighted by Gasteiger charge is 2.06. The van der Waals surface area contributed by atoms with Crippen molar-refractivity contribution >= 4 is 17.7 Å². The summed E-state index contributed by atoms with van der Waals surface area (Å²) in [6, 6.07) is 0.325. The van der Waals surface area contributed by atoms with Crippen molar-refractivity contribution in [3.63, 3.8) is 0 Å². The monoisotopic (exact) mass is 256 g/mol. The molecule has 0 spiro atoms. The van der Waals surface area contributed by atoms with E-state index in [1.54, 1.807) is 11.8 Å². The van der Waals surface area contributed by atoms with Gasteiger partial charge in [-0.15, -0.1) is 0 Å². The normalized spacial score (nSPS) is 10.8. The molecule has 0 fully saturated rings. The fourth-order valence-electron chi connectivity index (χ4n) is 1.06. The number of anilines is 1. The number of nitrogens with two attached hydrogens (primary N) is 1. The predicted octanol–water partition coefficient (Wildman–Crippen LogP) is 2.38. The Morgan fingerprint density at radius 3 is 2.71 bits per heavy atom. The predicted molar refractivity (Wildman–Crippen MR) is 70.2 cm³/mol. The van der Waals surface area contributed by atoms with Crippen molar-refractivity contribution < 1.29 is 4.74 Å². The standard InChI is InChI=1S/C11H20N4OS/c1-4-6-16-10-13-9(12)14-11(15-10)17-7-5-8(2)3/h8H,4-7H2,1-3H3,(H2,12,13,14,15). The van der Waals surface area contributed by atoms with Crippen LogP contribution in [-0.4, -0.2) is 27.3 Å². The van der Waals surface area contributed by atoms with Gasteiger partial charge in [-0.05, 0) is 18.8 Å². The Kier molecular flexibility index (Phi) is 6.04. The fraction of sp³-hybridized carbons (Fsp3) is 0.727. The molecule has 0 aliphatic heterocycles. The number of aromatic nitrogens is 3. The summed E-state index contributed by atoms with van der Waals surface area (Å²) in [4.78, 5) is 12.2. The maximum atomic E-state index is 5.61. The Hall–Kier alpha value is -1.04. The summed E-state index contributed by atoms with van der Waals surface area (Å²) in [5.41, 5.74) is 5.61. The van der Waals surface area contributed by atoms with Crippen molar-refractivity contribution in [2.24, 2.45) is 5.92 Å². The van der Waals surface area contributed by atoms with Crippen LogP contribution in [0.5, 0.6) is 6.01 Å². The quantitative estimate of drug-likeness (QED) is 0.755. The molecule has 0 saturated carbocycles. The van der Waals surface area contributed by atoms with Crippen molar-refractivity contribution in [2.45, 2.75) is 38.8 Å². The molecule has 0 amide bonds. The molecule has 0 unspecified atom stereocenters. The Balaban J connectivity index is 2.55. The minimum absolute atomic E-state index is 0.221. The number of thioether (sulfide) groups is 1. The number of ether oxygens (including phenoxy) is 1. The molecule has 0 aliphatic rings. The maximum absolute atomic E-state index is 5.61. The Morgan fingerprint density at radius 2 is 2.06 bits per heavy atom. The highest BCUT2D eigenvalue weighted by atomic mass is 32.2. The lowest BCUT2D eigenvalue weighted by Gasteiger charge is -2.06. The van der Waals surface area contributed by atoms with Gasteiger partial charge in [-0.2, -0.15) is 15.0 Å². The van der Waals surface area contributed by atoms with E-state index in [4.69, 9.17) is 10.5 Å². The van der Waals surface area contributed by atoms with E-state index in [1.807, 2.05) is 6.92 Å². The zero-order chi connectivity index (χ0) is 12.7. The molecule has 0 saturated heterocycles. The van der Waals surface area contributed by atoms with Gasteiger partial charge in [-0.3, -0.25) is 0 Å². The van der Waals surface area contributed by atoms with E-state index in [0.717, 1.165) is 18.6 Å². The van der Waals surface area contributed by atoms with Crippen LogP contribution in [0.3, 0.4) is 0 Å². The molecule has 96 valence electrons. The molecule has 17 heavy (non-hydrogen) atoms. The van der Waals surface area contributed by atoms with E-state index >= 15 is 0 Å². The third-order valence-corrected chi connectivity index (χ3v) is 2.85. The van der Waals surface area contributed by atoms with Crippen molar-refractivity contribution in [1.82, 2.24) is 15.0 Å². The average Bonchev–Trinajstić information content (AvgIpc) is 2.25. The number of hydrogen-bond donors (Lipinski definition) is 1. The number of nitrogen functional groups attached to an aromatic ring is 1. The molecule has 0 atom stereocenters. The van der Waals surface area contributed by atoms with Gasteiger partial charge in [0.15, 0.2) is 5.16 Å². The molecule has 1 aromatic rings. The second kappa shape index (κ2) is 7.32. The van der Waals surface area contributed by atoms with Crippen LogP contribution in [0, 0.1) is 5.92 Å². The highest BCUT2D eigenvalue weighted by molar-refractivity contribution is 7.99. The van der Waals surface area contributed by atoms with Gasteiger partial charge in [0.2, 0.25) is 5.95 Å². The van der Waals surface area contributed by atoms with Gasteiger partial charge in [0.25, 0.3) is 0 Å². The molecule has 0 radical (unpaired) electrons. The van der Waals surface area contributed by atoms with Crippen LogP contribution in [0.25, 0.3) is 0 Å². The molecule has 5 nitrogen and oxygen atoms in total. The van der Waals surface area contributed by atoms with Crippen LogP contribution < -0.4 is 10.5 Å². The molecule has 0 aromatic carbocycles. The third kappa shape index (κ3) is 5.72. The van der Waals surface area contributed by atoms with Gasteiger partial charge in [0.05, 0.1) is 6.61 Å². The first-order chi connectivity index (χ1) is 8.11. The summed E-state index contributed by atoms with van der Waals surface area (Å²) in [5.74, 6) is 1.88. The molecule has 1 aromatic heterocycles. The minimum Gasteiger partial charge on any atom is -0.463 e. The van der Waals surface area contributed by atoms with Crippen LogP contribution in [0.4, 0.5) is 5.95 Å². The lowest BCUT2D eigenvalue weighted by atomic mass is 10.2. The second-order valence-electron chi connectivity index (χ2n) is 4.14. The van der Waals surface area contributed by atoms with E-state index in [2.05, 4.69) is 28.8 Å². The summed E-state index contributed by atoms with van der Waals surface area (Å²) in [6.45, 7) is 7.01. The van der Waals surface area contributed by atoms with E-state index in [-0.39, 0.29) is 5.95 Å². The van der Waals surface area contributed by atoms with Crippen molar-refractivity contribution in [3.05, 3.63) is 0 Å². The number of rotatable bonds is 7. The van der Waals surface area contributed by atoms with Crippen LogP contribution in [0.2, 0.25) is 0 Å². The van der Waals surface area contributed by atoms with Crippen LogP contribution in [-0.2, 0) is 0 Å². The highest BCUT2D eigenvalue weighted by Crippen LogP contribution is 2.19. The zero-order valence-electron chi connectivity index (χ0n) is 10.6. The molecule has 0 bridgehead atoms. The molecule has 0 aliphatic carbocycles. The van der Waals surface area contributed by atoms with Gasteiger partial charge in [-0.25, -0.2) is 0 Å². The van der Waals surface area contributed by atoms with Gasteiger partial charge in [0.1, 0.15) is 0 Å². The van der Waals surface area contributed by atoms with Crippen LogP contribution in [0.15, 0.2) is 5.16 Å². The lowest BCUT2D eigenvalue weighted by Crippen LogP contribution is -2.05. The molecule has 1 heterocycles. The smallest absolute Gasteiger partial charge is 0.322 e. The third-order valence-electron chi connectivity index (χ3n) is 1.97. The minimum atomic E-state index is 0.221. The Labute approximate surface area is 107 Å². The Morgan fingerprint density at radius 1 is 1.29 bits per heavy atom. The van der Waals surface area contributed by atoms with Crippen LogP contribution in [0.1, 0.15) is 33.6 Å². The van der Waals surface area contributed by atoms with Gasteiger partial charge < -0.3 is 10.5 Å². The van der Waals surface area contributed by atoms with Crippen molar-refractivity contribution in [1.29, 1.82) is 0 Å². The molecular formula is C11H20N4OS. The van der Waals surface area contributed by atoms with E-state index < -0.39 is 0 Å². The molecule has 2 N–H and O–H groups in total. The zero-order valence-corrected chi connectivity index (χ0v) is 11.5. The summed E-state index contributed by atoms with van der Waals surface area (Å²) in [6.07, 6.45) is 2.04. The first kappa shape index (κ1) is 14.0. The van der Waals surface area contributed by atoms with Crippen molar-refractivity contribution in [3.8, 4) is 6.01 Å². The van der Waals surface area contributed by atoms with Gasteiger partial charge in [-0.1, -0.05) is 32.5 Å². The van der Waals surface area contributed by atoms with Gasteiger partial charge in [0, 0.05) is 5.75 Å². The van der Waals surface area contributed by atoms with Gasteiger partial charge >= 0.3 is 6.01 Å². The summed E-state index contributed by atoms with van der Waals surface area (Å²) < 4.78 is 5.35. The Bertz CT molecular complexity index is 346. The maximum Gasteiger partial charge on any atom is 0.322 e. The lowest BCUT2D eigenvalue weighted by molar-refractivity contribution is 0.288. The number of nitrogens with zero attached hydrogens (tertiary/aromatic N) is 3. The topological polar surface area (TPSA) is 73.9 Å². The van der Waals surface area contributed by atoms with Crippen LogP contribution >= 0.6 is 11.8 Å². The summed E-state index contributed by atoms with van der Waals surface area (Å²) in [5, 5.41) is 0.643. The SMILES string of the molecule is CCCOc1nc(N)nc(SCCC(C)C)n1. The van der Waals surface area contributed by atoms with E-state index in [1.165, 1.54) is 0 Å². The summed E-state index contributed by atoms with van der Waals surface area (Å²) >= 11 is 1.59. The number of hydrogen-bond acceptors (Lipinski definition) is 6.